The number of ether oxygens (including phenoxy) is 2. The molecule has 1 saturated heterocycles. The fourth-order valence-corrected chi connectivity index (χ4v) is 2.21. The lowest BCUT2D eigenvalue weighted by atomic mass is 10.2. The van der Waals surface area contributed by atoms with E-state index in [1.807, 2.05) is 30.3 Å². The molecule has 1 heterocycles. The summed E-state index contributed by atoms with van der Waals surface area (Å²) >= 11 is 0. The number of benzene rings is 1. The van der Waals surface area contributed by atoms with E-state index in [1.54, 1.807) is 4.90 Å². The second-order valence-electron chi connectivity index (χ2n) is 5.01. The van der Waals surface area contributed by atoms with Crippen molar-refractivity contribution in [3.63, 3.8) is 0 Å². The van der Waals surface area contributed by atoms with Gasteiger partial charge >= 0.3 is 0 Å². The monoisotopic (exact) mass is 288 g/mol. The van der Waals surface area contributed by atoms with Crippen LogP contribution in [0.4, 0.5) is 0 Å². The quantitative estimate of drug-likeness (QED) is 0.766. The van der Waals surface area contributed by atoms with Crippen molar-refractivity contribution in [3.05, 3.63) is 35.9 Å². The standard InChI is InChI=1S/C16H20N2O3/c17-8-4-9-18(11-14-5-2-1-3-6-14)16(19)13-21-15-7-10-20-12-15/h1-3,5-6,15H,4,7,9-13H2/t15-/m1/s1. The Labute approximate surface area is 125 Å². The van der Waals surface area contributed by atoms with E-state index >= 15 is 0 Å². The molecule has 112 valence electrons. The Morgan fingerprint density at radius 2 is 2.24 bits per heavy atom. The van der Waals surface area contributed by atoms with Crippen molar-refractivity contribution in [3.8, 4) is 6.07 Å². The second kappa shape index (κ2) is 8.40. The number of amides is 1. The van der Waals surface area contributed by atoms with Crippen LogP contribution in [-0.2, 0) is 20.8 Å². The number of nitriles is 1. The molecule has 1 atom stereocenters. The molecule has 0 bridgehead atoms. The zero-order chi connectivity index (χ0) is 14.9. The molecule has 1 fully saturated rings. The Morgan fingerprint density at radius 3 is 2.90 bits per heavy atom. The normalized spacial score (nSPS) is 17.4. The molecule has 0 unspecified atom stereocenters. The van der Waals surface area contributed by atoms with Gasteiger partial charge in [-0.25, -0.2) is 0 Å². The van der Waals surface area contributed by atoms with Gasteiger partial charge in [-0.05, 0) is 12.0 Å². The molecule has 1 aromatic rings. The fourth-order valence-electron chi connectivity index (χ4n) is 2.21. The van der Waals surface area contributed by atoms with Crippen molar-refractivity contribution in [2.75, 3.05) is 26.4 Å². The second-order valence-corrected chi connectivity index (χ2v) is 5.01. The molecule has 5 nitrogen and oxygen atoms in total. The average molecular weight is 288 g/mol. The van der Waals surface area contributed by atoms with E-state index in [-0.39, 0.29) is 18.6 Å². The number of carbonyl (C=O) groups is 1. The van der Waals surface area contributed by atoms with E-state index in [4.69, 9.17) is 14.7 Å². The molecule has 0 aromatic heterocycles. The maximum absolute atomic E-state index is 12.3. The molecule has 1 amide bonds. The lowest BCUT2D eigenvalue weighted by Crippen LogP contribution is -2.35. The lowest BCUT2D eigenvalue weighted by molar-refractivity contribution is -0.138. The summed E-state index contributed by atoms with van der Waals surface area (Å²) in [5.41, 5.74) is 1.05. The minimum atomic E-state index is -0.0824. The van der Waals surface area contributed by atoms with E-state index in [1.165, 1.54) is 0 Å². The van der Waals surface area contributed by atoms with Gasteiger partial charge in [0.25, 0.3) is 0 Å². The van der Waals surface area contributed by atoms with Gasteiger partial charge in [0.2, 0.25) is 5.91 Å². The summed E-state index contributed by atoms with van der Waals surface area (Å²) in [7, 11) is 0. The predicted molar refractivity (Wildman–Crippen MR) is 77.3 cm³/mol. The van der Waals surface area contributed by atoms with Gasteiger partial charge in [0.1, 0.15) is 6.61 Å². The van der Waals surface area contributed by atoms with Gasteiger partial charge < -0.3 is 14.4 Å². The smallest absolute Gasteiger partial charge is 0.248 e. The summed E-state index contributed by atoms with van der Waals surface area (Å²) in [6, 6.07) is 11.8. The molecule has 1 aromatic carbocycles. The maximum atomic E-state index is 12.3. The summed E-state index contributed by atoms with van der Waals surface area (Å²) in [4.78, 5) is 13.9. The third kappa shape index (κ3) is 5.18. The Balaban J connectivity index is 1.87. The lowest BCUT2D eigenvalue weighted by Gasteiger charge is -2.22. The Bertz CT molecular complexity index is 478. The summed E-state index contributed by atoms with van der Waals surface area (Å²) in [5.74, 6) is -0.0824. The van der Waals surface area contributed by atoms with Crippen LogP contribution >= 0.6 is 0 Å². The predicted octanol–water partition coefficient (Wildman–Crippen LogP) is 1.73. The average Bonchev–Trinajstić information content (AvgIpc) is 3.03. The summed E-state index contributed by atoms with van der Waals surface area (Å²) in [6.07, 6.45) is 1.18. The largest absolute Gasteiger partial charge is 0.379 e. The van der Waals surface area contributed by atoms with Crippen LogP contribution < -0.4 is 0 Å². The first-order valence-corrected chi connectivity index (χ1v) is 7.17. The number of hydrogen-bond acceptors (Lipinski definition) is 4. The minimum absolute atomic E-state index is 0.0171. The van der Waals surface area contributed by atoms with E-state index < -0.39 is 0 Å². The van der Waals surface area contributed by atoms with Crippen molar-refractivity contribution in [1.82, 2.24) is 4.90 Å². The highest BCUT2D eigenvalue weighted by atomic mass is 16.5. The molecule has 2 rings (SSSR count). The summed E-state index contributed by atoms with van der Waals surface area (Å²) in [6.45, 7) is 2.23. The molecule has 5 heteroatoms. The van der Waals surface area contributed by atoms with Crippen molar-refractivity contribution < 1.29 is 14.3 Å². The third-order valence-electron chi connectivity index (χ3n) is 3.39. The molecule has 0 aliphatic carbocycles. The Hall–Kier alpha value is -1.90. The first kappa shape index (κ1) is 15.5. The van der Waals surface area contributed by atoms with E-state index in [9.17, 15) is 4.79 Å². The molecule has 21 heavy (non-hydrogen) atoms. The van der Waals surface area contributed by atoms with Gasteiger partial charge in [-0.3, -0.25) is 4.79 Å². The van der Waals surface area contributed by atoms with E-state index in [0.717, 1.165) is 12.0 Å². The Morgan fingerprint density at radius 1 is 1.43 bits per heavy atom. The van der Waals surface area contributed by atoms with Gasteiger partial charge in [0, 0.05) is 19.7 Å². The molecule has 0 saturated carbocycles. The third-order valence-corrected chi connectivity index (χ3v) is 3.39. The zero-order valence-electron chi connectivity index (χ0n) is 12.0. The van der Waals surface area contributed by atoms with Crippen LogP contribution in [0.15, 0.2) is 30.3 Å². The van der Waals surface area contributed by atoms with Gasteiger partial charge in [0.15, 0.2) is 0 Å². The molecule has 1 aliphatic rings. The highest BCUT2D eigenvalue weighted by Crippen LogP contribution is 2.10. The highest BCUT2D eigenvalue weighted by Gasteiger charge is 2.20. The summed E-state index contributed by atoms with van der Waals surface area (Å²) < 4.78 is 10.8. The van der Waals surface area contributed by atoms with Gasteiger partial charge in [-0.2, -0.15) is 5.26 Å². The van der Waals surface area contributed by atoms with Crippen LogP contribution in [0.25, 0.3) is 0 Å². The topological polar surface area (TPSA) is 62.6 Å². The van der Waals surface area contributed by atoms with E-state index in [0.29, 0.717) is 32.7 Å². The molecule has 0 spiro atoms. The van der Waals surface area contributed by atoms with Gasteiger partial charge in [-0.15, -0.1) is 0 Å². The number of nitrogens with zero attached hydrogens (tertiary/aromatic N) is 2. The van der Waals surface area contributed by atoms with Crippen molar-refractivity contribution in [2.45, 2.75) is 25.5 Å². The van der Waals surface area contributed by atoms with Crippen LogP contribution in [0.5, 0.6) is 0 Å². The van der Waals surface area contributed by atoms with Gasteiger partial charge in [-0.1, -0.05) is 30.3 Å². The van der Waals surface area contributed by atoms with Crippen molar-refractivity contribution in [2.24, 2.45) is 0 Å². The van der Waals surface area contributed by atoms with Crippen LogP contribution in [0.1, 0.15) is 18.4 Å². The SMILES string of the molecule is N#CCCN(Cc1ccccc1)C(=O)CO[C@@H]1CCOC1. The van der Waals surface area contributed by atoms with Crippen molar-refractivity contribution in [1.29, 1.82) is 5.26 Å². The number of hydrogen-bond donors (Lipinski definition) is 0. The Kier molecular flexibility index (Phi) is 6.20. The fraction of sp³-hybridized carbons (Fsp3) is 0.500. The van der Waals surface area contributed by atoms with Crippen LogP contribution in [0, 0.1) is 11.3 Å². The van der Waals surface area contributed by atoms with Crippen LogP contribution in [0.2, 0.25) is 0 Å². The zero-order valence-corrected chi connectivity index (χ0v) is 12.0. The van der Waals surface area contributed by atoms with Crippen molar-refractivity contribution >= 4 is 5.91 Å². The number of carbonyl (C=O) groups excluding carboxylic acids is 1. The maximum Gasteiger partial charge on any atom is 0.248 e. The highest BCUT2D eigenvalue weighted by molar-refractivity contribution is 5.77. The minimum Gasteiger partial charge on any atom is -0.379 e. The van der Waals surface area contributed by atoms with E-state index in [2.05, 4.69) is 6.07 Å². The molecule has 0 radical (unpaired) electrons. The van der Waals surface area contributed by atoms with Crippen LogP contribution in [0.3, 0.4) is 0 Å². The first-order chi connectivity index (χ1) is 10.3. The number of rotatable bonds is 7. The molecule has 0 N–H and O–H groups in total. The van der Waals surface area contributed by atoms with Gasteiger partial charge in [0.05, 0.1) is 25.2 Å². The first-order valence-electron chi connectivity index (χ1n) is 7.17. The molecule has 1 aliphatic heterocycles. The molecular formula is C16H20N2O3. The van der Waals surface area contributed by atoms with Crippen LogP contribution in [-0.4, -0.2) is 43.3 Å². The summed E-state index contributed by atoms with van der Waals surface area (Å²) in [5, 5.41) is 8.73. The molecular weight excluding hydrogens is 268 g/mol.